The van der Waals surface area contributed by atoms with Crippen molar-refractivity contribution in [3.63, 3.8) is 0 Å². The summed E-state index contributed by atoms with van der Waals surface area (Å²) in [5.41, 5.74) is 7.96. The van der Waals surface area contributed by atoms with Crippen molar-refractivity contribution in [2.75, 3.05) is 17.7 Å². The van der Waals surface area contributed by atoms with Crippen LogP contribution in [0.1, 0.15) is 26.3 Å². The van der Waals surface area contributed by atoms with Crippen molar-refractivity contribution in [3.05, 3.63) is 47.0 Å². The molecule has 0 amide bonds. The number of nitrogens with two attached hydrogens (primary N) is 1. The van der Waals surface area contributed by atoms with Gasteiger partial charge in [0.05, 0.1) is 16.4 Å². The van der Waals surface area contributed by atoms with Crippen LogP contribution >= 0.6 is 11.6 Å². The van der Waals surface area contributed by atoms with Crippen LogP contribution in [-0.2, 0) is 16.4 Å². The van der Waals surface area contributed by atoms with Crippen LogP contribution in [0.4, 0.5) is 17.1 Å². The highest BCUT2D eigenvalue weighted by molar-refractivity contribution is 7.89. The Kier molecular flexibility index (Phi) is 6.18. The molecular formula is C18H24ClN3O3S. The molecule has 6 nitrogen and oxygen atoms in total. The maximum absolute atomic E-state index is 12.5. The smallest absolute Gasteiger partial charge is 0.242 e. The van der Waals surface area contributed by atoms with E-state index in [9.17, 15) is 8.42 Å². The highest BCUT2D eigenvalue weighted by Crippen LogP contribution is 2.32. The molecule has 2 rings (SSSR count). The van der Waals surface area contributed by atoms with Crippen LogP contribution in [0.5, 0.6) is 0 Å². The lowest BCUT2D eigenvalue weighted by Crippen LogP contribution is -2.40. The van der Waals surface area contributed by atoms with Crippen molar-refractivity contribution in [3.8, 4) is 0 Å². The second-order valence-electron chi connectivity index (χ2n) is 7.02. The van der Waals surface area contributed by atoms with Crippen molar-refractivity contribution < 1.29 is 13.5 Å². The number of sulfonamides is 1. The SMILES string of the molecule is CC(C)(C)NS(=O)(=O)c1cc(N)c(Nc2ccc(CCO)cc2)cc1Cl. The highest BCUT2D eigenvalue weighted by atomic mass is 35.5. The summed E-state index contributed by atoms with van der Waals surface area (Å²) < 4.78 is 27.6. The fraction of sp³-hybridized carbons (Fsp3) is 0.333. The van der Waals surface area contributed by atoms with Gasteiger partial charge in [-0.1, -0.05) is 23.7 Å². The molecule has 26 heavy (non-hydrogen) atoms. The lowest BCUT2D eigenvalue weighted by molar-refractivity contribution is 0.299. The normalized spacial score (nSPS) is 12.2. The lowest BCUT2D eigenvalue weighted by atomic mass is 10.1. The summed E-state index contributed by atoms with van der Waals surface area (Å²) in [5.74, 6) is 0. The molecule has 0 aromatic heterocycles. The Morgan fingerprint density at radius 2 is 1.77 bits per heavy atom. The van der Waals surface area contributed by atoms with Gasteiger partial charge >= 0.3 is 0 Å². The van der Waals surface area contributed by atoms with Gasteiger partial charge in [0, 0.05) is 17.8 Å². The number of hydrogen-bond acceptors (Lipinski definition) is 5. The van der Waals surface area contributed by atoms with Crippen molar-refractivity contribution in [2.24, 2.45) is 0 Å². The Balaban J connectivity index is 2.29. The number of benzene rings is 2. The molecule has 2 aromatic rings. The second kappa shape index (κ2) is 7.84. The van der Waals surface area contributed by atoms with E-state index in [1.54, 1.807) is 20.8 Å². The number of rotatable bonds is 6. The van der Waals surface area contributed by atoms with E-state index in [2.05, 4.69) is 10.0 Å². The fourth-order valence-corrected chi connectivity index (χ4v) is 4.36. The van der Waals surface area contributed by atoms with Gasteiger partial charge < -0.3 is 16.2 Å². The van der Waals surface area contributed by atoms with E-state index in [1.807, 2.05) is 24.3 Å². The van der Waals surface area contributed by atoms with Crippen molar-refractivity contribution >= 4 is 38.7 Å². The van der Waals surface area contributed by atoms with Crippen LogP contribution in [0, 0.1) is 0 Å². The predicted molar refractivity (Wildman–Crippen MR) is 106 cm³/mol. The zero-order valence-electron chi connectivity index (χ0n) is 15.0. The minimum atomic E-state index is -3.79. The Hall–Kier alpha value is -1.80. The summed E-state index contributed by atoms with van der Waals surface area (Å²) in [7, 11) is -3.79. The second-order valence-corrected chi connectivity index (χ2v) is 9.08. The summed E-state index contributed by atoms with van der Waals surface area (Å²) in [6.07, 6.45) is 0.585. The highest BCUT2D eigenvalue weighted by Gasteiger charge is 2.25. The predicted octanol–water partition coefficient (Wildman–Crippen LogP) is 3.28. The van der Waals surface area contributed by atoms with Crippen LogP contribution in [0.25, 0.3) is 0 Å². The molecule has 0 aliphatic heterocycles. The minimum Gasteiger partial charge on any atom is -0.397 e. The molecule has 0 fully saturated rings. The van der Waals surface area contributed by atoms with Gasteiger partial charge in [0.25, 0.3) is 0 Å². The van der Waals surface area contributed by atoms with E-state index in [0.717, 1.165) is 11.3 Å². The zero-order valence-corrected chi connectivity index (χ0v) is 16.6. The van der Waals surface area contributed by atoms with Crippen LogP contribution in [0.3, 0.4) is 0 Å². The first-order valence-electron chi connectivity index (χ1n) is 8.12. The molecule has 0 atom stereocenters. The van der Waals surface area contributed by atoms with Gasteiger partial charge in [0.15, 0.2) is 0 Å². The minimum absolute atomic E-state index is 0.0598. The van der Waals surface area contributed by atoms with Gasteiger partial charge in [0.1, 0.15) is 4.90 Å². The van der Waals surface area contributed by atoms with E-state index in [4.69, 9.17) is 22.4 Å². The molecule has 0 unspecified atom stereocenters. The maximum atomic E-state index is 12.5. The molecule has 142 valence electrons. The van der Waals surface area contributed by atoms with Gasteiger partial charge in [-0.25, -0.2) is 13.1 Å². The molecule has 0 heterocycles. The third kappa shape index (κ3) is 5.35. The molecule has 0 saturated carbocycles. The van der Waals surface area contributed by atoms with Crippen LogP contribution in [0.15, 0.2) is 41.3 Å². The summed E-state index contributed by atoms with van der Waals surface area (Å²) >= 11 is 6.20. The molecular weight excluding hydrogens is 374 g/mol. The summed E-state index contributed by atoms with van der Waals surface area (Å²) in [6, 6.07) is 10.3. The summed E-state index contributed by atoms with van der Waals surface area (Å²) in [4.78, 5) is -0.0598. The standard InChI is InChI=1S/C18H24ClN3O3S/c1-18(2,3)22-26(24,25)17-11-15(20)16(10-14(17)19)21-13-6-4-12(5-7-13)8-9-23/h4-7,10-11,21-23H,8-9,20H2,1-3H3. The van der Waals surface area contributed by atoms with Crippen LogP contribution in [-0.4, -0.2) is 25.7 Å². The number of aliphatic hydroxyl groups is 1. The largest absolute Gasteiger partial charge is 0.397 e. The number of nitrogens with one attached hydrogen (secondary N) is 2. The molecule has 5 N–H and O–H groups in total. The van der Waals surface area contributed by atoms with E-state index < -0.39 is 15.6 Å². The van der Waals surface area contributed by atoms with Gasteiger partial charge in [0.2, 0.25) is 10.0 Å². The fourth-order valence-electron chi connectivity index (χ4n) is 2.38. The Labute approximate surface area is 159 Å². The number of aliphatic hydroxyl groups excluding tert-OH is 1. The zero-order chi connectivity index (χ0) is 19.5. The molecule has 8 heteroatoms. The van der Waals surface area contributed by atoms with Crippen molar-refractivity contribution in [1.82, 2.24) is 4.72 Å². The molecule has 0 saturated heterocycles. The van der Waals surface area contributed by atoms with Crippen molar-refractivity contribution in [1.29, 1.82) is 0 Å². The lowest BCUT2D eigenvalue weighted by Gasteiger charge is -2.21. The molecule has 2 aromatic carbocycles. The van der Waals surface area contributed by atoms with E-state index >= 15 is 0 Å². The van der Waals surface area contributed by atoms with Gasteiger partial charge in [-0.2, -0.15) is 0 Å². The number of nitrogen functional groups attached to an aromatic ring is 1. The molecule has 0 radical (unpaired) electrons. The van der Waals surface area contributed by atoms with Gasteiger partial charge in [-0.3, -0.25) is 0 Å². The van der Waals surface area contributed by atoms with E-state index in [-0.39, 0.29) is 22.2 Å². The number of hydrogen-bond donors (Lipinski definition) is 4. The average molecular weight is 398 g/mol. The topological polar surface area (TPSA) is 104 Å². The van der Waals surface area contributed by atoms with E-state index in [1.165, 1.54) is 12.1 Å². The van der Waals surface area contributed by atoms with Gasteiger partial charge in [-0.05, 0) is 57.0 Å². The Morgan fingerprint density at radius 3 is 2.31 bits per heavy atom. The maximum Gasteiger partial charge on any atom is 0.242 e. The quantitative estimate of drug-likeness (QED) is 0.560. The number of halogens is 1. The first-order chi connectivity index (χ1) is 12.0. The van der Waals surface area contributed by atoms with Crippen LogP contribution < -0.4 is 15.8 Å². The van der Waals surface area contributed by atoms with Crippen LogP contribution in [0.2, 0.25) is 5.02 Å². The van der Waals surface area contributed by atoms with E-state index in [0.29, 0.717) is 12.1 Å². The third-order valence-corrected chi connectivity index (χ3v) is 5.69. The monoisotopic (exact) mass is 397 g/mol. The van der Waals surface area contributed by atoms with Crippen molar-refractivity contribution in [2.45, 2.75) is 37.6 Å². The summed E-state index contributed by atoms with van der Waals surface area (Å²) in [5, 5.41) is 12.2. The summed E-state index contributed by atoms with van der Waals surface area (Å²) in [6.45, 7) is 5.34. The first-order valence-corrected chi connectivity index (χ1v) is 9.98. The molecule has 0 aliphatic rings. The molecule has 0 spiro atoms. The Morgan fingerprint density at radius 1 is 1.15 bits per heavy atom. The average Bonchev–Trinajstić information content (AvgIpc) is 2.50. The Bertz CT molecular complexity index is 876. The third-order valence-electron chi connectivity index (χ3n) is 3.47. The molecule has 0 bridgehead atoms. The van der Waals surface area contributed by atoms with Gasteiger partial charge in [-0.15, -0.1) is 0 Å². The molecule has 0 aliphatic carbocycles. The number of anilines is 3. The first kappa shape index (κ1) is 20.5.